The van der Waals surface area contributed by atoms with E-state index < -0.39 is 15.9 Å². The average Bonchev–Trinajstić information content (AvgIpc) is 3.21. The number of benzene rings is 1. The number of primary amides is 1. The van der Waals surface area contributed by atoms with Gasteiger partial charge in [-0.3, -0.25) is 9.78 Å². The van der Waals surface area contributed by atoms with E-state index in [1.807, 2.05) is 30.3 Å². The van der Waals surface area contributed by atoms with Crippen molar-refractivity contribution in [2.24, 2.45) is 5.73 Å². The minimum atomic E-state index is -3.66. The molecule has 2 aromatic heterocycles. The Hall–Kier alpha value is -3.04. The molecule has 1 atom stereocenters. The van der Waals surface area contributed by atoms with Gasteiger partial charge in [0.25, 0.3) is 5.91 Å². The fourth-order valence-electron chi connectivity index (χ4n) is 3.62. The molecule has 0 bridgehead atoms. The van der Waals surface area contributed by atoms with E-state index in [4.69, 9.17) is 5.73 Å². The first-order chi connectivity index (χ1) is 14.0. The van der Waals surface area contributed by atoms with Gasteiger partial charge in [0.15, 0.2) is 0 Å². The standard InChI is InChI=1S/C20H21N5O3S/c21-20(26)18-14-25(16-7-2-1-3-8-16)23-19(18)15-6-5-11-24(13-15)29(27,28)17-9-4-10-22-12-17/h1-4,7-10,12,14-15H,5-6,11,13H2,(H2,21,26). The van der Waals surface area contributed by atoms with Gasteiger partial charge in [-0.25, -0.2) is 13.1 Å². The van der Waals surface area contributed by atoms with Crippen molar-refractivity contribution in [1.29, 1.82) is 0 Å². The van der Waals surface area contributed by atoms with Crippen molar-refractivity contribution in [2.75, 3.05) is 13.1 Å². The number of amides is 1. The van der Waals surface area contributed by atoms with E-state index in [2.05, 4.69) is 10.1 Å². The molecule has 2 N–H and O–H groups in total. The second-order valence-electron chi connectivity index (χ2n) is 6.96. The van der Waals surface area contributed by atoms with Crippen molar-refractivity contribution >= 4 is 15.9 Å². The zero-order valence-electron chi connectivity index (χ0n) is 15.7. The van der Waals surface area contributed by atoms with E-state index in [1.54, 1.807) is 16.9 Å². The summed E-state index contributed by atoms with van der Waals surface area (Å²) < 4.78 is 29.0. The maximum Gasteiger partial charge on any atom is 0.252 e. The van der Waals surface area contributed by atoms with Crippen LogP contribution in [-0.4, -0.2) is 46.5 Å². The number of nitrogens with zero attached hydrogens (tertiary/aromatic N) is 4. The highest BCUT2D eigenvalue weighted by molar-refractivity contribution is 7.89. The van der Waals surface area contributed by atoms with E-state index in [0.29, 0.717) is 24.2 Å². The first-order valence-corrected chi connectivity index (χ1v) is 10.8. The van der Waals surface area contributed by atoms with Gasteiger partial charge in [0, 0.05) is 37.6 Å². The third-order valence-electron chi connectivity index (χ3n) is 5.07. The van der Waals surface area contributed by atoms with Gasteiger partial charge in [0.2, 0.25) is 10.0 Å². The van der Waals surface area contributed by atoms with Crippen molar-refractivity contribution in [3.05, 3.63) is 72.3 Å². The second kappa shape index (κ2) is 7.76. The van der Waals surface area contributed by atoms with Crippen LogP contribution < -0.4 is 5.73 Å². The highest BCUT2D eigenvalue weighted by Gasteiger charge is 2.34. The number of carbonyl (C=O) groups is 1. The maximum absolute atomic E-state index is 13.0. The molecule has 8 nitrogen and oxygen atoms in total. The van der Waals surface area contributed by atoms with Crippen LogP contribution in [0.5, 0.6) is 0 Å². The number of hydrogen-bond donors (Lipinski definition) is 1. The Kier molecular flexibility index (Phi) is 5.16. The van der Waals surface area contributed by atoms with Gasteiger partial charge in [-0.1, -0.05) is 18.2 Å². The van der Waals surface area contributed by atoms with Gasteiger partial charge in [0.1, 0.15) is 4.90 Å². The Labute approximate surface area is 169 Å². The third kappa shape index (κ3) is 3.79. The van der Waals surface area contributed by atoms with E-state index >= 15 is 0 Å². The Bertz CT molecular complexity index is 1110. The van der Waals surface area contributed by atoms with Gasteiger partial charge in [-0.15, -0.1) is 0 Å². The molecular weight excluding hydrogens is 390 g/mol. The Balaban J connectivity index is 1.66. The van der Waals surface area contributed by atoms with Crippen LogP contribution in [0.4, 0.5) is 0 Å². The van der Waals surface area contributed by atoms with Gasteiger partial charge in [0.05, 0.1) is 16.9 Å². The Morgan fingerprint density at radius 3 is 2.62 bits per heavy atom. The van der Waals surface area contributed by atoms with Crippen LogP contribution in [0.2, 0.25) is 0 Å². The van der Waals surface area contributed by atoms with Crippen molar-refractivity contribution < 1.29 is 13.2 Å². The lowest BCUT2D eigenvalue weighted by atomic mass is 9.93. The molecule has 1 fully saturated rings. The summed E-state index contributed by atoms with van der Waals surface area (Å²) >= 11 is 0. The van der Waals surface area contributed by atoms with Crippen LogP contribution in [0.25, 0.3) is 5.69 Å². The number of hydrogen-bond acceptors (Lipinski definition) is 5. The van der Waals surface area contributed by atoms with E-state index in [1.165, 1.54) is 22.8 Å². The first-order valence-electron chi connectivity index (χ1n) is 9.32. The van der Waals surface area contributed by atoms with Gasteiger partial charge < -0.3 is 5.73 Å². The molecular formula is C20H21N5O3S. The zero-order valence-corrected chi connectivity index (χ0v) is 16.5. The quantitative estimate of drug-likeness (QED) is 0.690. The third-order valence-corrected chi connectivity index (χ3v) is 6.92. The van der Waals surface area contributed by atoms with E-state index in [9.17, 15) is 13.2 Å². The Morgan fingerprint density at radius 2 is 1.93 bits per heavy atom. The largest absolute Gasteiger partial charge is 0.365 e. The summed E-state index contributed by atoms with van der Waals surface area (Å²) in [5, 5.41) is 4.60. The molecule has 9 heteroatoms. The fraction of sp³-hybridized carbons (Fsp3) is 0.250. The number of rotatable bonds is 5. The summed E-state index contributed by atoms with van der Waals surface area (Å²) in [6, 6.07) is 12.5. The molecule has 3 aromatic rings. The van der Waals surface area contributed by atoms with E-state index in [-0.39, 0.29) is 17.4 Å². The summed E-state index contributed by atoms with van der Waals surface area (Å²) in [7, 11) is -3.66. The van der Waals surface area contributed by atoms with Crippen molar-refractivity contribution in [3.63, 3.8) is 0 Å². The molecule has 29 heavy (non-hydrogen) atoms. The summed E-state index contributed by atoms with van der Waals surface area (Å²) in [6.45, 7) is 0.655. The molecule has 1 aliphatic heterocycles. The summed E-state index contributed by atoms with van der Waals surface area (Å²) in [4.78, 5) is 16.1. The lowest BCUT2D eigenvalue weighted by Crippen LogP contribution is -2.39. The zero-order chi connectivity index (χ0) is 20.4. The molecule has 0 spiro atoms. The predicted octanol–water partition coefficient (Wildman–Crippen LogP) is 1.93. The van der Waals surface area contributed by atoms with Crippen LogP contribution in [-0.2, 0) is 10.0 Å². The molecule has 3 heterocycles. The molecule has 0 aliphatic carbocycles. The SMILES string of the molecule is NC(=O)c1cn(-c2ccccc2)nc1C1CCCN(S(=O)(=O)c2cccnc2)C1. The molecule has 1 aromatic carbocycles. The number of carbonyl (C=O) groups excluding carboxylic acids is 1. The smallest absolute Gasteiger partial charge is 0.252 e. The molecule has 1 unspecified atom stereocenters. The number of aromatic nitrogens is 3. The molecule has 1 amide bonds. The summed E-state index contributed by atoms with van der Waals surface area (Å²) in [5.41, 5.74) is 7.25. The number of para-hydroxylation sites is 1. The van der Waals surface area contributed by atoms with E-state index in [0.717, 1.165) is 12.1 Å². The molecule has 0 radical (unpaired) electrons. The molecule has 1 aliphatic rings. The lowest BCUT2D eigenvalue weighted by molar-refractivity contribution is 0.0998. The maximum atomic E-state index is 13.0. The normalized spacial score (nSPS) is 17.9. The molecule has 150 valence electrons. The monoisotopic (exact) mass is 411 g/mol. The summed E-state index contributed by atoms with van der Waals surface area (Å²) in [6.07, 6.45) is 5.89. The topological polar surface area (TPSA) is 111 Å². The first kappa shape index (κ1) is 19.3. The Morgan fingerprint density at radius 1 is 1.14 bits per heavy atom. The predicted molar refractivity (Wildman–Crippen MR) is 107 cm³/mol. The van der Waals surface area contributed by atoms with Gasteiger partial charge in [-0.2, -0.15) is 9.40 Å². The molecule has 1 saturated heterocycles. The number of nitrogens with two attached hydrogens (primary N) is 1. The lowest BCUT2D eigenvalue weighted by Gasteiger charge is -2.31. The van der Waals surface area contributed by atoms with Gasteiger partial charge >= 0.3 is 0 Å². The average molecular weight is 411 g/mol. The number of pyridine rings is 1. The highest BCUT2D eigenvalue weighted by Crippen LogP contribution is 2.31. The van der Waals surface area contributed by atoms with Gasteiger partial charge in [-0.05, 0) is 37.1 Å². The van der Waals surface area contributed by atoms with Crippen LogP contribution in [0.15, 0.2) is 66.0 Å². The summed E-state index contributed by atoms with van der Waals surface area (Å²) in [5.74, 6) is -0.794. The number of sulfonamides is 1. The second-order valence-corrected chi connectivity index (χ2v) is 8.90. The minimum absolute atomic E-state index is 0.158. The highest BCUT2D eigenvalue weighted by atomic mass is 32.2. The fourth-order valence-corrected chi connectivity index (χ4v) is 5.11. The van der Waals surface area contributed by atoms with Crippen LogP contribution >= 0.6 is 0 Å². The minimum Gasteiger partial charge on any atom is -0.365 e. The van der Waals surface area contributed by atoms with Crippen LogP contribution in [0.3, 0.4) is 0 Å². The van der Waals surface area contributed by atoms with Crippen LogP contribution in [0, 0.1) is 0 Å². The van der Waals surface area contributed by atoms with Crippen LogP contribution in [0.1, 0.15) is 34.8 Å². The molecule has 4 rings (SSSR count). The van der Waals surface area contributed by atoms with Crippen molar-refractivity contribution in [1.82, 2.24) is 19.1 Å². The number of piperidine rings is 1. The molecule has 0 saturated carbocycles. The van der Waals surface area contributed by atoms with Crippen molar-refractivity contribution in [3.8, 4) is 5.69 Å². The van der Waals surface area contributed by atoms with Crippen molar-refractivity contribution in [2.45, 2.75) is 23.7 Å².